The minimum atomic E-state index is -3.10. The lowest BCUT2D eigenvalue weighted by molar-refractivity contribution is -0.386. The molecular weight excluding hydrogens is 296 g/mol. The molecule has 2 rings (SSSR count). The predicted molar refractivity (Wildman–Crippen MR) is 66.7 cm³/mol. The summed E-state index contributed by atoms with van der Waals surface area (Å²) in [6, 6.07) is 6.20. The molecule has 0 spiro atoms. The highest BCUT2D eigenvalue weighted by Gasteiger charge is 2.32. The lowest BCUT2D eigenvalue weighted by atomic mass is 10.3. The second-order valence-corrected chi connectivity index (χ2v) is 4.05. The fourth-order valence-corrected chi connectivity index (χ4v) is 1.94. The summed E-state index contributed by atoms with van der Waals surface area (Å²) in [5.41, 5.74) is -1.59. The van der Waals surface area contributed by atoms with E-state index in [9.17, 15) is 18.9 Å². The highest BCUT2D eigenvalue weighted by molar-refractivity contribution is 6.32. The van der Waals surface area contributed by atoms with Crippen LogP contribution in [-0.2, 0) is 0 Å². The number of hydrogen-bond acceptors (Lipinski definition) is 4. The van der Waals surface area contributed by atoms with Crippen LogP contribution in [0.15, 0.2) is 24.3 Å². The average Bonchev–Trinajstić information content (AvgIpc) is 2.77. The van der Waals surface area contributed by atoms with Crippen molar-refractivity contribution in [2.24, 2.45) is 0 Å². The van der Waals surface area contributed by atoms with Crippen molar-refractivity contribution in [3.8, 4) is 11.4 Å². The van der Waals surface area contributed by atoms with Gasteiger partial charge < -0.3 is 4.74 Å². The first-order valence-corrected chi connectivity index (χ1v) is 5.69. The molecule has 20 heavy (non-hydrogen) atoms. The topological polar surface area (TPSA) is 70.2 Å². The molecule has 0 N–H and O–H groups in total. The number of ether oxygens (including phenoxy) is 1. The SMILES string of the molecule is COc1cccc(-n2nc(C(F)F)c([N+](=O)[O-])c2Cl)c1. The quantitative estimate of drug-likeness (QED) is 0.641. The second kappa shape index (κ2) is 5.41. The number of nitro groups is 1. The number of aromatic nitrogens is 2. The number of methoxy groups -OCH3 is 1. The molecule has 1 aromatic heterocycles. The first kappa shape index (κ1) is 14.2. The predicted octanol–water partition coefficient (Wildman–Crippen LogP) is 3.38. The highest BCUT2D eigenvalue weighted by Crippen LogP contribution is 2.36. The molecule has 0 unspecified atom stereocenters. The summed E-state index contributed by atoms with van der Waals surface area (Å²) in [6.07, 6.45) is -3.10. The summed E-state index contributed by atoms with van der Waals surface area (Å²) in [4.78, 5) is 9.85. The van der Waals surface area contributed by atoms with Crippen molar-refractivity contribution in [2.75, 3.05) is 7.11 Å². The fraction of sp³-hybridized carbons (Fsp3) is 0.182. The maximum absolute atomic E-state index is 12.8. The minimum Gasteiger partial charge on any atom is -0.497 e. The lowest BCUT2D eigenvalue weighted by Crippen LogP contribution is -1.98. The standard InChI is InChI=1S/C11H8ClF2N3O3/c1-20-7-4-2-3-6(5-7)16-10(12)9(17(18)19)8(15-16)11(13)14/h2-5,11H,1H3. The molecule has 0 aliphatic carbocycles. The Labute approximate surface area is 116 Å². The molecule has 0 saturated carbocycles. The van der Waals surface area contributed by atoms with Crippen molar-refractivity contribution >= 4 is 17.3 Å². The zero-order valence-electron chi connectivity index (χ0n) is 10.1. The van der Waals surface area contributed by atoms with Crippen molar-refractivity contribution in [2.45, 2.75) is 6.43 Å². The molecule has 0 bridgehead atoms. The molecule has 9 heteroatoms. The van der Waals surface area contributed by atoms with Gasteiger partial charge in [0.25, 0.3) is 6.43 Å². The summed E-state index contributed by atoms with van der Waals surface area (Å²) in [6.45, 7) is 0. The maximum atomic E-state index is 12.8. The van der Waals surface area contributed by atoms with Crippen LogP contribution in [0.2, 0.25) is 5.15 Å². The molecule has 1 heterocycles. The third-order valence-electron chi connectivity index (χ3n) is 2.52. The van der Waals surface area contributed by atoms with E-state index in [2.05, 4.69) is 5.10 Å². The molecule has 106 valence electrons. The van der Waals surface area contributed by atoms with Gasteiger partial charge in [-0.05, 0) is 12.1 Å². The van der Waals surface area contributed by atoms with Gasteiger partial charge in [0.2, 0.25) is 10.8 Å². The number of halogens is 3. The van der Waals surface area contributed by atoms with Crippen molar-refractivity contribution in [1.82, 2.24) is 9.78 Å². The van der Waals surface area contributed by atoms with E-state index in [1.54, 1.807) is 12.1 Å². The number of benzene rings is 1. The van der Waals surface area contributed by atoms with Crippen LogP contribution < -0.4 is 4.74 Å². The van der Waals surface area contributed by atoms with Crippen LogP contribution in [0, 0.1) is 10.1 Å². The van der Waals surface area contributed by atoms with Crippen molar-refractivity contribution in [3.05, 3.63) is 45.2 Å². The van der Waals surface area contributed by atoms with Gasteiger partial charge in [-0.1, -0.05) is 17.7 Å². The van der Waals surface area contributed by atoms with Crippen molar-refractivity contribution in [3.63, 3.8) is 0 Å². The Hall–Kier alpha value is -2.22. The summed E-state index contributed by atoms with van der Waals surface area (Å²) < 4.78 is 31.4. The van der Waals surface area contributed by atoms with E-state index >= 15 is 0 Å². The molecular formula is C11H8ClF2N3O3. The largest absolute Gasteiger partial charge is 0.497 e. The fourth-order valence-electron chi connectivity index (χ4n) is 1.63. The summed E-state index contributed by atoms with van der Waals surface area (Å²) in [5.74, 6) is 0.440. The number of rotatable bonds is 4. The molecule has 0 radical (unpaired) electrons. The molecule has 0 amide bonds. The average molecular weight is 304 g/mol. The molecule has 0 aliphatic heterocycles. The molecule has 0 fully saturated rings. The Morgan fingerprint density at radius 2 is 2.20 bits per heavy atom. The Balaban J connectivity index is 2.63. The molecule has 2 aromatic rings. The van der Waals surface area contributed by atoms with Crippen LogP contribution in [0.25, 0.3) is 5.69 Å². The first-order valence-electron chi connectivity index (χ1n) is 5.31. The Morgan fingerprint density at radius 1 is 1.50 bits per heavy atom. The summed E-state index contributed by atoms with van der Waals surface area (Å²) in [7, 11) is 1.43. The van der Waals surface area contributed by atoms with E-state index in [0.717, 1.165) is 4.68 Å². The van der Waals surface area contributed by atoms with Gasteiger partial charge in [0.15, 0.2) is 0 Å². The van der Waals surface area contributed by atoms with Crippen LogP contribution in [0.1, 0.15) is 12.1 Å². The third kappa shape index (κ3) is 2.42. The smallest absolute Gasteiger partial charge is 0.335 e. The van der Waals surface area contributed by atoms with Crippen LogP contribution >= 0.6 is 11.6 Å². The zero-order valence-corrected chi connectivity index (χ0v) is 10.8. The summed E-state index contributed by atoms with van der Waals surface area (Å²) >= 11 is 5.78. The minimum absolute atomic E-state index is 0.282. The van der Waals surface area contributed by atoms with Gasteiger partial charge in [-0.15, -0.1) is 0 Å². The maximum Gasteiger partial charge on any atom is 0.335 e. The Kier molecular flexibility index (Phi) is 3.84. The third-order valence-corrected chi connectivity index (χ3v) is 2.86. The molecule has 0 aliphatic rings. The molecule has 1 aromatic carbocycles. The van der Waals surface area contributed by atoms with Gasteiger partial charge in [0.1, 0.15) is 5.75 Å². The van der Waals surface area contributed by atoms with Crippen molar-refractivity contribution in [1.29, 1.82) is 0 Å². The monoisotopic (exact) mass is 303 g/mol. The van der Waals surface area contributed by atoms with Gasteiger partial charge >= 0.3 is 5.69 Å². The van der Waals surface area contributed by atoms with E-state index in [1.807, 2.05) is 0 Å². The van der Waals surface area contributed by atoms with Crippen LogP contribution in [0.5, 0.6) is 5.75 Å². The molecule has 0 saturated heterocycles. The van der Waals surface area contributed by atoms with E-state index in [1.165, 1.54) is 19.2 Å². The van der Waals surface area contributed by atoms with Crippen LogP contribution in [-0.4, -0.2) is 21.8 Å². The van der Waals surface area contributed by atoms with Crippen molar-refractivity contribution < 1.29 is 18.4 Å². The normalized spacial score (nSPS) is 10.8. The van der Waals surface area contributed by atoms with Gasteiger partial charge in [0, 0.05) is 6.07 Å². The zero-order chi connectivity index (χ0) is 14.9. The van der Waals surface area contributed by atoms with Crippen LogP contribution in [0.4, 0.5) is 14.5 Å². The van der Waals surface area contributed by atoms with Gasteiger partial charge in [-0.2, -0.15) is 5.10 Å². The van der Waals surface area contributed by atoms with Crippen LogP contribution in [0.3, 0.4) is 0 Å². The molecule has 6 nitrogen and oxygen atoms in total. The van der Waals surface area contributed by atoms with Gasteiger partial charge in [0.05, 0.1) is 17.7 Å². The van der Waals surface area contributed by atoms with E-state index in [0.29, 0.717) is 5.75 Å². The lowest BCUT2D eigenvalue weighted by Gasteiger charge is -2.04. The number of alkyl halides is 2. The van der Waals surface area contributed by atoms with Gasteiger partial charge in [-0.3, -0.25) is 10.1 Å². The summed E-state index contributed by atoms with van der Waals surface area (Å²) in [5, 5.41) is 13.9. The first-order chi connectivity index (χ1) is 9.45. The van der Waals surface area contributed by atoms with E-state index in [4.69, 9.17) is 16.3 Å². The second-order valence-electron chi connectivity index (χ2n) is 3.70. The van der Waals surface area contributed by atoms with E-state index in [-0.39, 0.29) is 5.69 Å². The van der Waals surface area contributed by atoms with Gasteiger partial charge in [-0.25, -0.2) is 13.5 Å². The number of hydrogen-bond donors (Lipinski definition) is 0. The number of nitrogens with zero attached hydrogens (tertiary/aromatic N) is 3. The Morgan fingerprint density at radius 3 is 2.70 bits per heavy atom. The highest BCUT2D eigenvalue weighted by atomic mass is 35.5. The molecule has 0 atom stereocenters. The Bertz CT molecular complexity index is 660. The van der Waals surface area contributed by atoms with E-state index < -0.39 is 27.9 Å².